The van der Waals surface area contributed by atoms with Crippen LogP contribution in [0.15, 0.2) is 17.8 Å². The van der Waals surface area contributed by atoms with Crippen molar-refractivity contribution < 1.29 is 9.90 Å². The number of nitrogens with zero attached hydrogens (tertiary/aromatic N) is 3. The van der Waals surface area contributed by atoms with Gasteiger partial charge in [-0.05, 0) is 6.92 Å². The number of aromatic carboxylic acids is 1. The first-order valence-corrected chi connectivity index (χ1v) is 4.75. The van der Waals surface area contributed by atoms with Gasteiger partial charge in [-0.1, -0.05) is 0 Å². The minimum Gasteiger partial charge on any atom is -0.478 e. The van der Waals surface area contributed by atoms with Gasteiger partial charge in [0.05, 0.1) is 17.5 Å². The largest absolute Gasteiger partial charge is 0.478 e. The summed E-state index contributed by atoms with van der Waals surface area (Å²) < 4.78 is 1.46. The molecule has 5 nitrogen and oxygen atoms in total. The molecule has 0 bridgehead atoms. The molecule has 0 spiro atoms. The predicted molar refractivity (Wildman–Crippen MR) is 50.9 cm³/mol. The summed E-state index contributed by atoms with van der Waals surface area (Å²) in [7, 11) is 0. The molecule has 2 aromatic heterocycles. The van der Waals surface area contributed by atoms with Crippen molar-refractivity contribution >= 4 is 17.3 Å². The average molecular weight is 209 g/mol. The molecule has 0 amide bonds. The third kappa shape index (κ3) is 1.51. The zero-order valence-electron chi connectivity index (χ0n) is 7.34. The van der Waals surface area contributed by atoms with E-state index in [1.807, 2.05) is 12.3 Å². The third-order valence-corrected chi connectivity index (χ3v) is 2.58. The second-order valence-corrected chi connectivity index (χ2v) is 3.59. The molecule has 0 saturated heterocycles. The molecule has 0 aliphatic heterocycles. The molecule has 0 radical (unpaired) electrons. The number of hydrogen-bond donors (Lipinski definition) is 1. The highest BCUT2D eigenvalue weighted by molar-refractivity contribution is 7.12. The molecule has 2 rings (SSSR count). The molecule has 0 fully saturated rings. The minimum absolute atomic E-state index is 0.165. The van der Waals surface area contributed by atoms with Gasteiger partial charge in [0.15, 0.2) is 0 Å². The molecule has 0 aliphatic carbocycles. The Hall–Kier alpha value is -1.69. The van der Waals surface area contributed by atoms with Crippen molar-refractivity contribution in [3.63, 3.8) is 0 Å². The van der Waals surface area contributed by atoms with E-state index < -0.39 is 5.97 Å². The summed E-state index contributed by atoms with van der Waals surface area (Å²) >= 11 is 1.42. The molecular formula is C8H7N3O2S. The Bertz CT molecular complexity index is 474. The van der Waals surface area contributed by atoms with Gasteiger partial charge < -0.3 is 5.11 Å². The first-order valence-electron chi connectivity index (χ1n) is 3.87. The molecule has 2 aromatic rings. The lowest BCUT2D eigenvalue weighted by atomic mass is 10.4. The highest BCUT2D eigenvalue weighted by atomic mass is 32.1. The highest BCUT2D eigenvalue weighted by Crippen LogP contribution is 2.13. The van der Waals surface area contributed by atoms with Crippen molar-refractivity contribution in [2.75, 3.05) is 0 Å². The summed E-state index contributed by atoms with van der Waals surface area (Å²) in [5.74, 6) is -0.982. The van der Waals surface area contributed by atoms with Crippen LogP contribution in [0.5, 0.6) is 0 Å². The van der Waals surface area contributed by atoms with Gasteiger partial charge in [0.2, 0.25) is 5.13 Å². The van der Waals surface area contributed by atoms with Gasteiger partial charge in [0, 0.05) is 11.6 Å². The highest BCUT2D eigenvalue weighted by Gasteiger charge is 2.08. The number of hydrogen-bond acceptors (Lipinski definition) is 4. The Kier molecular flexibility index (Phi) is 2.05. The SMILES string of the molecule is Cc1csc(-n2cc(C(=O)O)cn2)n1. The molecule has 1 N–H and O–H groups in total. The van der Waals surface area contributed by atoms with Gasteiger partial charge >= 0.3 is 5.97 Å². The van der Waals surface area contributed by atoms with E-state index in [0.717, 1.165) is 5.69 Å². The van der Waals surface area contributed by atoms with Crippen molar-refractivity contribution in [1.29, 1.82) is 0 Å². The van der Waals surface area contributed by atoms with E-state index in [9.17, 15) is 4.79 Å². The Morgan fingerprint density at radius 3 is 2.93 bits per heavy atom. The van der Waals surface area contributed by atoms with Crippen molar-refractivity contribution in [3.05, 3.63) is 29.0 Å². The number of rotatable bonds is 2. The molecule has 0 aliphatic rings. The van der Waals surface area contributed by atoms with Crippen LogP contribution in [-0.4, -0.2) is 25.8 Å². The maximum Gasteiger partial charge on any atom is 0.338 e. The van der Waals surface area contributed by atoms with Crippen molar-refractivity contribution in [3.8, 4) is 5.13 Å². The summed E-state index contributed by atoms with van der Waals surface area (Å²) in [6.45, 7) is 1.88. The predicted octanol–water partition coefficient (Wildman–Crippen LogP) is 1.34. The molecule has 0 atom stereocenters. The first kappa shape index (κ1) is 8.89. The van der Waals surface area contributed by atoms with E-state index in [2.05, 4.69) is 10.1 Å². The van der Waals surface area contributed by atoms with Crippen LogP contribution in [0.3, 0.4) is 0 Å². The van der Waals surface area contributed by atoms with E-state index in [0.29, 0.717) is 5.13 Å². The van der Waals surface area contributed by atoms with Crippen LogP contribution in [-0.2, 0) is 0 Å². The monoisotopic (exact) mass is 209 g/mol. The third-order valence-electron chi connectivity index (χ3n) is 1.63. The fourth-order valence-electron chi connectivity index (χ4n) is 0.985. The topological polar surface area (TPSA) is 68.0 Å². The Morgan fingerprint density at radius 1 is 1.64 bits per heavy atom. The van der Waals surface area contributed by atoms with Crippen LogP contribution in [0.2, 0.25) is 0 Å². The molecule has 6 heteroatoms. The van der Waals surface area contributed by atoms with Gasteiger partial charge in [0.1, 0.15) is 0 Å². The summed E-state index contributed by atoms with van der Waals surface area (Å²) in [5.41, 5.74) is 1.07. The van der Waals surface area contributed by atoms with Crippen LogP contribution in [0.1, 0.15) is 16.1 Å². The van der Waals surface area contributed by atoms with Crippen molar-refractivity contribution in [2.45, 2.75) is 6.92 Å². The Morgan fingerprint density at radius 2 is 2.43 bits per heavy atom. The lowest BCUT2D eigenvalue weighted by Crippen LogP contribution is -1.95. The summed E-state index contributed by atoms with van der Waals surface area (Å²) in [6.07, 6.45) is 2.75. The van der Waals surface area contributed by atoms with Gasteiger partial charge in [-0.3, -0.25) is 0 Å². The van der Waals surface area contributed by atoms with Crippen LogP contribution < -0.4 is 0 Å². The number of aryl methyl sites for hydroxylation is 1. The average Bonchev–Trinajstić information content (AvgIpc) is 2.70. The number of thiazole rings is 1. The van der Waals surface area contributed by atoms with Gasteiger partial charge in [-0.15, -0.1) is 11.3 Å². The molecule has 0 saturated carbocycles. The number of aromatic nitrogens is 3. The van der Waals surface area contributed by atoms with Crippen LogP contribution in [0.25, 0.3) is 5.13 Å². The van der Waals surface area contributed by atoms with Gasteiger partial charge in [-0.2, -0.15) is 5.10 Å². The zero-order valence-corrected chi connectivity index (χ0v) is 8.15. The second kappa shape index (κ2) is 3.22. The molecule has 0 unspecified atom stereocenters. The maximum absolute atomic E-state index is 10.6. The number of carboxylic acid groups (broad SMARTS) is 1. The molecular weight excluding hydrogens is 202 g/mol. The smallest absolute Gasteiger partial charge is 0.338 e. The Balaban J connectivity index is 2.38. The molecule has 2 heterocycles. The second-order valence-electron chi connectivity index (χ2n) is 2.75. The molecule has 72 valence electrons. The quantitative estimate of drug-likeness (QED) is 0.810. The van der Waals surface area contributed by atoms with E-state index in [1.165, 1.54) is 28.4 Å². The molecule has 14 heavy (non-hydrogen) atoms. The van der Waals surface area contributed by atoms with Crippen LogP contribution in [0, 0.1) is 6.92 Å². The van der Waals surface area contributed by atoms with E-state index >= 15 is 0 Å². The summed E-state index contributed by atoms with van der Waals surface area (Å²) in [5, 5.41) is 15.1. The van der Waals surface area contributed by atoms with Crippen LogP contribution in [0.4, 0.5) is 0 Å². The normalized spacial score (nSPS) is 10.4. The van der Waals surface area contributed by atoms with Crippen molar-refractivity contribution in [2.24, 2.45) is 0 Å². The first-order chi connectivity index (χ1) is 6.66. The standard InChI is InChI=1S/C8H7N3O2S/c1-5-4-14-8(10-5)11-3-6(2-9-11)7(12)13/h2-4H,1H3,(H,12,13). The lowest BCUT2D eigenvalue weighted by Gasteiger charge is -1.91. The maximum atomic E-state index is 10.6. The molecule has 0 aromatic carbocycles. The van der Waals surface area contributed by atoms with Gasteiger partial charge in [0.25, 0.3) is 0 Å². The van der Waals surface area contributed by atoms with Crippen molar-refractivity contribution in [1.82, 2.24) is 14.8 Å². The van der Waals surface area contributed by atoms with E-state index in [1.54, 1.807) is 0 Å². The zero-order chi connectivity index (χ0) is 10.1. The fourth-order valence-corrected chi connectivity index (χ4v) is 1.72. The minimum atomic E-state index is -0.982. The van der Waals surface area contributed by atoms with Gasteiger partial charge in [-0.25, -0.2) is 14.5 Å². The summed E-state index contributed by atoms with van der Waals surface area (Å²) in [4.78, 5) is 14.8. The van der Waals surface area contributed by atoms with Crippen LogP contribution >= 0.6 is 11.3 Å². The summed E-state index contributed by atoms with van der Waals surface area (Å²) in [6, 6.07) is 0. The van der Waals surface area contributed by atoms with E-state index in [-0.39, 0.29) is 5.56 Å². The van der Waals surface area contributed by atoms with E-state index in [4.69, 9.17) is 5.11 Å². The number of carboxylic acids is 1. The number of carbonyl (C=O) groups is 1. The Labute approximate surface area is 83.6 Å². The fraction of sp³-hybridized carbons (Fsp3) is 0.125. The lowest BCUT2D eigenvalue weighted by molar-refractivity contribution is 0.0697.